The summed E-state index contributed by atoms with van der Waals surface area (Å²) in [6.07, 6.45) is -4.28. The van der Waals surface area contributed by atoms with E-state index in [-0.39, 0.29) is 6.04 Å². The Labute approximate surface area is 97.2 Å². The first-order valence-corrected chi connectivity index (χ1v) is 6.11. The molecule has 1 rings (SSSR count). The molecule has 1 unspecified atom stereocenters. The van der Waals surface area contributed by atoms with E-state index in [0.717, 1.165) is 29.2 Å². The molecule has 0 aliphatic carbocycles. The van der Waals surface area contributed by atoms with Crippen molar-refractivity contribution in [2.45, 2.75) is 19.1 Å². The van der Waals surface area contributed by atoms with Gasteiger partial charge in [0.25, 0.3) is 0 Å². The molecule has 0 heterocycles. The van der Waals surface area contributed by atoms with Gasteiger partial charge >= 0.3 is 6.18 Å². The summed E-state index contributed by atoms with van der Waals surface area (Å²) in [4.78, 5) is 0. The van der Waals surface area contributed by atoms with Crippen molar-refractivity contribution in [1.82, 2.24) is 0 Å². The monoisotopic (exact) mass is 249 g/mol. The van der Waals surface area contributed by atoms with Crippen LogP contribution in [0.3, 0.4) is 0 Å². The maximum absolute atomic E-state index is 12.3. The smallest absolute Gasteiger partial charge is 0.323 e. The maximum atomic E-state index is 12.3. The van der Waals surface area contributed by atoms with Gasteiger partial charge in [-0.15, -0.1) is 0 Å². The highest BCUT2D eigenvalue weighted by Crippen LogP contribution is 2.29. The molecule has 16 heavy (non-hydrogen) atoms. The van der Waals surface area contributed by atoms with Crippen molar-refractivity contribution in [3.05, 3.63) is 35.4 Å². The second-order valence-corrected chi connectivity index (χ2v) is 4.70. The minimum Gasteiger partial charge on any atom is -0.323 e. The highest BCUT2D eigenvalue weighted by molar-refractivity contribution is 7.99. The van der Waals surface area contributed by atoms with Crippen LogP contribution in [-0.4, -0.2) is 11.5 Å². The molecule has 2 N–H and O–H groups in total. The molecule has 1 aromatic carbocycles. The van der Waals surface area contributed by atoms with E-state index in [9.17, 15) is 13.2 Å². The van der Waals surface area contributed by atoms with E-state index in [1.54, 1.807) is 11.8 Å². The standard InChI is InChI=1S/C11H14F3NS/c1-2-16-7-10(15)8-3-5-9(6-4-8)11(12,13)14/h3-6,10H,2,7,15H2,1H3. The lowest BCUT2D eigenvalue weighted by Crippen LogP contribution is -2.13. The van der Waals surface area contributed by atoms with Gasteiger partial charge in [0.15, 0.2) is 0 Å². The average molecular weight is 249 g/mol. The van der Waals surface area contributed by atoms with Gasteiger partial charge in [0, 0.05) is 11.8 Å². The molecule has 5 heteroatoms. The van der Waals surface area contributed by atoms with Gasteiger partial charge in [-0.3, -0.25) is 0 Å². The zero-order chi connectivity index (χ0) is 12.2. The third-order valence-electron chi connectivity index (χ3n) is 2.17. The number of halogens is 3. The molecule has 0 amide bonds. The zero-order valence-corrected chi connectivity index (χ0v) is 9.74. The fourth-order valence-electron chi connectivity index (χ4n) is 1.26. The lowest BCUT2D eigenvalue weighted by molar-refractivity contribution is -0.137. The first-order chi connectivity index (χ1) is 7.45. The quantitative estimate of drug-likeness (QED) is 0.884. The molecule has 0 bridgehead atoms. The summed E-state index contributed by atoms with van der Waals surface area (Å²) in [6.45, 7) is 2.02. The van der Waals surface area contributed by atoms with Gasteiger partial charge in [-0.05, 0) is 23.4 Å². The third-order valence-corrected chi connectivity index (χ3v) is 3.17. The molecule has 0 aromatic heterocycles. The second kappa shape index (κ2) is 5.59. The first kappa shape index (κ1) is 13.4. The molecular weight excluding hydrogens is 235 g/mol. The number of hydrogen-bond acceptors (Lipinski definition) is 2. The third kappa shape index (κ3) is 3.72. The Balaban J connectivity index is 2.71. The summed E-state index contributed by atoms with van der Waals surface area (Å²) in [5.74, 6) is 1.68. The van der Waals surface area contributed by atoms with Crippen molar-refractivity contribution in [3.63, 3.8) is 0 Å². The lowest BCUT2D eigenvalue weighted by Gasteiger charge is -2.12. The summed E-state index contributed by atoms with van der Waals surface area (Å²) in [7, 11) is 0. The number of rotatable bonds is 4. The summed E-state index contributed by atoms with van der Waals surface area (Å²) >= 11 is 1.67. The highest BCUT2D eigenvalue weighted by Gasteiger charge is 2.30. The van der Waals surface area contributed by atoms with Crippen molar-refractivity contribution >= 4 is 11.8 Å². The highest BCUT2D eigenvalue weighted by atomic mass is 32.2. The minimum absolute atomic E-state index is 0.202. The normalized spacial score (nSPS) is 13.8. The molecule has 90 valence electrons. The number of alkyl halides is 3. The molecule has 0 radical (unpaired) electrons. The van der Waals surface area contributed by atoms with E-state index in [4.69, 9.17) is 5.73 Å². The fraction of sp³-hybridized carbons (Fsp3) is 0.455. The van der Waals surface area contributed by atoms with E-state index < -0.39 is 11.7 Å². The van der Waals surface area contributed by atoms with E-state index in [1.165, 1.54) is 12.1 Å². The van der Waals surface area contributed by atoms with E-state index in [1.807, 2.05) is 6.92 Å². The van der Waals surface area contributed by atoms with Crippen molar-refractivity contribution in [2.75, 3.05) is 11.5 Å². The van der Waals surface area contributed by atoms with Crippen molar-refractivity contribution in [3.8, 4) is 0 Å². The Hall–Kier alpha value is -0.680. The molecule has 0 saturated heterocycles. The molecular formula is C11H14F3NS. The summed E-state index contributed by atoms with van der Waals surface area (Å²) < 4.78 is 36.9. The predicted molar refractivity (Wildman–Crippen MR) is 61.4 cm³/mol. The van der Waals surface area contributed by atoms with Crippen LogP contribution in [0.1, 0.15) is 24.1 Å². The zero-order valence-electron chi connectivity index (χ0n) is 8.92. The van der Waals surface area contributed by atoms with E-state index >= 15 is 0 Å². The Kier molecular flexibility index (Phi) is 4.68. The number of hydrogen-bond donors (Lipinski definition) is 1. The topological polar surface area (TPSA) is 26.0 Å². The Morgan fingerprint density at radius 1 is 1.25 bits per heavy atom. The van der Waals surface area contributed by atoms with Crippen LogP contribution in [0.15, 0.2) is 24.3 Å². The number of nitrogens with two attached hydrogens (primary N) is 1. The van der Waals surface area contributed by atoms with Gasteiger partial charge in [0.2, 0.25) is 0 Å². The van der Waals surface area contributed by atoms with Crippen LogP contribution < -0.4 is 5.73 Å². The lowest BCUT2D eigenvalue weighted by atomic mass is 10.1. The average Bonchev–Trinajstić information content (AvgIpc) is 2.25. The SMILES string of the molecule is CCSCC(N)c1ccc(C(F)(F)F)cc1. The van der Waals surface area contributed by atoms with Crippen molar-refractivity contribution in [1.29, 1.82) is 0 Å². The molecule has 1 atom stereocenters. The van der Waals surface area contributed by atoms with Crippen LogP contribution in [-0.2, 0) is 6.18 Å². The predicted octanol–water partition coefficient (Wildman–Crippen LogP) is 3.46. The van der Waals surface area contributed by atoms with Crippen molar-refractivity contribution < 1.29 is 13.2 Å². The Morgan fingerprint density at radius 2 is 1.81 bits per heavy atom. The second-order valence-electron chi connectivity index (χ2n) is 3.39. The first-order valence-electron chi connectivity index (χ1n) is 4.95. The Bertz CT molecular complexity index is 321. The van der Waals surface area contributed by atoms with E-state index in [0.29, 0.717) is 0 Å². The Morgan fingerprint density at radius 3 is 2.25 bits per heavy atom. The molecule has 0 aliphatic heterocycles. The van der Waals surface area contributed by atoms with Gasteiger partial charge in [0.05, 0.1) is 5.56 Å². The van der Waals surface area contributed by atoms with Crippen molar-refractivity contribution in [2.24, 2.45) is 5.73 Å². The summed E-state index contributed by atoms with van der Waals surface area (Å²) in [5, 5.41) is 0. The molecule has 0 fully saturated rings. The van der Waals surface area contributed by atoms with E-state index in [2.05, 4.69) is 0 Å². The molecule has 1 nitrogen and oxygen atoms in total. The summed E-state index contributed by atoms with van der Waals surface area (Å²) in [6, 6.07) is 4.85. The van der Waals surface area contributed by atoms with Crippen LogP contribution in [0, 0.1) is 0 Å². The van der Waals surface area contributed by atoms with Crippen LogP contribution >= 0.6 is 11.8 Å². The van der Waals surface area contributed by atoms with Crippen LogP contribution in [0.4, 0.5) is 13.2 Å². The van der Waals surface area contributed by atoms with Gasteiger partial charge in [-0.1, -0.05) is 19.1 Å². The fourth-order valence-corrected chi connectivity index (χ4v) is 1.94. The van der Waals surface area contributed by atoms with Gasteiger partial charge in [-0.25, -0.2) is 0 Å². The minimum atomic E-state index is -4.28. The number of thioether (sulfide) groups is 1. The largest absolute Gasteiger partial charge is 0.416 e. The van der Waals surface area contributed by atoms with Crippen LogP contribution in [0.5, 0.6) is 0 Å². The van der Waals surface area contributed by atoms with Gasteiger partial charge in [0.1, 0.15) is 0 Å². The molecule has 0 spiro atoms. The van der Waals surface area contributed by atoms with Crippen LogP contribution in [0.2, 0.25) is 0 Å². The summed E-state index contributed by atoms with van der Waals surface area (Å²) in [5.41, 5.74) is 5.95. The number of benzene rings is 1. The van der Waals surface area contributed by atoms with Gasteiger partial charge < -0.3 is 5.73 Å². The maximum Gasteiger partial charge on any atom is 0.416 e. The van der Waals surface area contributed by atoms with Gasteiger partial charge in [-0.2, -0.15) is 24.9 Å². The molecule has 0 aliphatic rings. The van der Waals surface area contributed by atoms with Crippen LogP contribution in [0.25, 0.3) is 0 Å². The molecule has 0 saturated carbocycles. The molecule has 1 aromatic rings.